The Labute approximate surface area is 354 Å². The van der Waals surface area contributed by atoms with Crippen LogP contribution in [-0.4, -0.2) is 15.0 Å². The molecule has 0 amide bonds. The van der Waals surface area contributed by atoms with Gasteiger partial charge in [-0.2, -0.15) is 0 Å². The molecule has 0 bridgehead atoms. The summed E-state index contributed by atoms with van der Waals surface area (Å²) in [6, 6.07) is 78.0. The van der Waals surface area contributed by atoms with Crippen molar-refractivity contribution in [1.82, 2.24) is 15.0 Å². The van der Waals surface area contributed by atoms with Gasteiger partial charge in [0.15, 0.2) is 17.5 Å². The van der Waals surface area contributed by atoms with Crippen molar-refractivity contribution in [3.05, 3.63) is 224 Å². The summed E-state index contributed by atoms with van der Waals surface area (Å²) in [6.45, 7) is 0. The van der Waals surface area contributed by atoms with Crippen LogP contribution in [0.5, 0.6) is 0 Å². The molecule has 4 heteroatoms. The Morgan fingerprint density at radius 3 is 1.13 bits per heavy atom. The Hall–Kier alpha value is -8.21. The van der Waals surface area contributed by atoms with Gasteiger partial charge in [-0.25, -0.2) is 15.0 Å². The zero-order valence-corrected chi connectivity index (χ0v) is 33.1. The van der Waals surface area contributed by atoms with E-state index in [9.17, 15) is 0 Å². The average Bonchev–Trinajstić information content (AvgIpc) is 3.74. The Morgan fingerprint density at radius 1 is 0.246 bits per heavy atom. The van der Waals surface area contributed by atoms with Gasteiger partial charge in [0, 0.05) is 38.6 Å². The number of aromatic nitrogens is 3. The topological polar surface area (TPSA) is 51.8 Å². The molecule has 0 atom stereocenters. The predicted octanol–water partition coefficient (Wildman–Crippen LogP) is 15.1. The molecule has 0 N–H and O–H groups in total. The van der Waals surface area contributed by atoms with Crippen LogP contribution in [0.25, 0.3) is 112 Å². The van der Waals surface area contributed by atoms with Gasteiger partial charge in [0.05, 0.1) is 0 Å². The predicted molar refractivity (Wildman–Crippen MR) is 251 cm³/mol. The summed E-state index contributed by atoms with van der Waals surface area (Å²) in [4.78, 5) is 15.9. The highest BCUT2D eigenvalue weighted by atomic mass is 16.3. The molecule has 0 aliphatic heterocycles. The van der Waals surface area contributed by atoms with Crippen molar-refractivity contribution in [3.8, 4) is 89.8 Å². The molecule has 2 aromatic heterocycles. The van der Waals surface area contributed by atoms with Gasteiger partial charge in [0.2, 0.25) is 0 Å². The summed E-state index contributed by atoms with van der Waals surface area (Å²) in [5.41, 5.74) is 15.0. The second kappa shape index (κ2) is 15.5. The molecule has 0 fully saturated rings. The molecule has 11 rings (SSSR count). The summed E-state index contributed by atoms with van der Waals surface area (Å²) < 4.78 is 7.16. The molecule has 11 aromatic rings. The summed E-state index contributed by atoms with van der Waals surface area (Å²) >= 11 is 0. The maximum Gasteiger partial charge on any atom is 0.164 e. The molecule has 61 heavy (non-hydrogen) atoms. The molecular weight excluding hydrogens is 743 g/mol. The lowest BCUT2D eigenvalue weighted by molar-refractivity contribution is 0.671. The monoisotopic (exact) mass is 779 g/mol. The minimum absolute atomic E-state index is 0.564. The number of rotatable bonds is 8. The van der Waals surface area contributed by atoms with Crippen molar-refractivity contribution in [2.24, 2.45) is 0 Å². The van der Waals surface area contributed by atoms with Crippen molar-refractivity contribution in [2.75, 3.05) is 0 Å². The first-order valence-corrected chi connectivity index (χ1v) is 20.5. The first kappa shape index (κ1) is 35.9. The maximum atomic E-state index is 7.16. The fourth-order valence-corrected chi connectivity index (χ4v) is 8.34. The van der Waals surface area contributed by atoms with E-state index in [1.807, 2.05) is 42.5 Å². The second-order valence-corrected chi connectivity index (χ2v) is 15.2. The molecule has 0 aliphatic rings. The van der Waals surface area contributed by atoms with Gasteiger partial charge in [-0.1, -0.05) is 182 Å². The van der Waals surface area contributed by atoms with Gasteiger partial charge >= 0.3 is 0 Å². The van der Waals surface area contributed by atoms with E-state index in [0.717, 1.165) is 94.3 Å². The number of hydrogen-bond donors (Lipinski definition) is 0. The van der Waals surface area contributed by atoms with Crippen LogP contribution in [0.2, 0.25) is 0 Å². The lowest BCUT2D eigenvalue weighted by atomic mass is 9.93. The number of benzene rings is 9. The van der Waals surface area contributed by atoms with Crippen LogP contribution in [0, 0.1) is 0 Å². The van der Waals surface area contributed by atoms with Crippen molar-refractivity contribution in [3.63, 3.8) is 0 Å². The van der Waals surface area contributed by atoms with E-state index in [1.54, 1.807) is 0 Å². The average molecular weight is 780 g/mol. The Bertz CT molecular complexity index is 3260. The first-order chi connectivity index (χ1) is 30.2. The van der Waals surface area contributed by atoms with Crippen LogP contribution >= 0.6 is 0 Å². The number of hydrogen-bond acceptors (Lipinski definition) is 4. The Morgan fingerprint density at radius 2 is 0.623 bits per heavy atom. The maximum absolute atomic E-state index is 7.16. The first-order valence-electron chi connectivity index (χ1n) is 20.5. The van der Waals surface area contributed by atoms with Gasteiger partial charge in [-0.05, 0) is 87.0 Å². The summed E-state index contributed by atoms with van der Waals surface area (Å²) in [5, 5.41) is 1.94. The standard InChI is InChI=1S/C57H37N3O/c1-7-19-38(20-8-1)44-33-45(39-21-9-2-10-22-39)35-47(34-44)56-58-55(43-29-17-6-18-30-43)59-57(60-56)49-32-31-48(41-25-13-4-14-26-41)54-52(49)51-37-46(40-23-11-3-12-24-40)36-50(53(51)61-54)42-27-15-5-16-28-42/h1-37H. The molecule has 9 aromatic carbocycles. The fraction of sp³-hybridized carbons (Fsp3) is 0. The van der Waals surface area contributed by atoms with Gasteiger partial charge in [0.1, 0.15) is 11.2 Å². The van der Waals surface area contributed by atoms with E-state index >= 15 is 0 Å². The Kier molecular flexibility index (Phi) is 9.14. The smallest absolute Gasteiger partial charge is 0.164 e. The van der Waals surface area contributed by atoms with Crippen LogP contribution in [-0.2, 0) is 0 Å². The number of nitrogens with zero attached hydrogens (tertiary/aromatic N) is 3. The number of fused-ring (bicyclic) bond motifs is 3. The largest absolute Gasteiger partial charge is 0.455 e. The molecular formula is C57H37N3O. The highest BCUT2D eigenvalue weighted by Gasteiger charge is 2.24. The molecule has 2 heterocycles. The van der Waals surface area contributed by atoms with Gasteiger partial charge in [-0.15, -0.1) is 0 Å². The van der Waals surface area contributed by atoms with E-state index in [2.05, 4.69) is 182 Å². The zero-order valence-electron chi connectivity index (χ0n) is 33.1. The molecule has 0 radical (unpaired) electrons. The Balaban J connectivity index is 1.22. The van der Waals surface area contributed by atoms with Gasteiger partial charge < -0.3 is 4.42 Å². The molecule has 4 nitrogen and oxygen atoms in total. The summed E-state index contributed by atoms with van der Waals surface area (Å²) in [7, 11) is 0. The SMILES string of the molecule is c1ccc(-c2cc(-c3ccccc3)cc(-c3nc(-c4ccccc4)nc(-c4ccc(-c5ccccc5)c5oc6c(-c7ccccc7)cc(-c7ccccc7)cc6c45)n3)c2)cc1. The molecule has 0 spiro atoms. The lowest BCUT2D eigenvalue weighted by Crippen LogP contribution is -2.01. The third-order valence-electron chi connectivity index (χ3n) is 11.3. The lowest BCUT2D eigenvalue weighted by Gasteiger charge is -2.13. The molecule has 0 saturated heterocycles. The van der Waals surface area contributed by atoms with E-state index in [-0.39, 0.29) is 0 Å². The molecule has 286 valence electrons. The van der Waals surface area contributed by atoms with Gasteiger partial charge in [-0.3, -0.25) is 0 Å². The third-order valence-corrected chi connectivity index (χ3v) is 11.3. The van der Waals surface area contributed by atoms with Crippen LogP contribution in [0.1, 0.15) is 0 Å². The normalized spacial score (nSPS) is 11.3. The van der Waals surface area contributed by atoms with Crippen molar-refractivity contribution in [1.29, 1.82) is 0 Å². The minimum atomic E-state index is 0.564. The third kappa shape index (κ3) is 6.86. The zero-order chi connectivity index (χ0) is 40.5. The van der Waals surface area contributed by atoms with Crippen LogP contribution in [0.15, 0.2) is 229 Å². The molecule has 0 unspecified atom stereocenters. The van der Waals surface area contributed by atoms with Crippen LogP contribution in [0.3, 0.4) is 0 Å². The molecule has 0 aliphatic carbocycles. The van der Waals surface area contributed by atoms with Crippen LogP contribution < -0.4 is 0 Å². The minimum Gasteiger partial charge on any atom is -0.455 e. The summed E-state index contributed by atoms with van der Waals surface area (Å²) in [5.74, 6) is 1.74. The van der Waals surface area contributed by atoms with Crippen LogP contribution in [0.4, 0.5) is 0 Å². The summed E-state index contributed by atoms with van der Waals surface area (Å²) in [6.07, 6.45) is 0. The number of furan rings is 1. The van der Waals surface area contributed by atoms with E-state index in [1.165, 1.54) is 0 Å². The van der Waals surface area contributed by atoms with Gasteiger partial charge in [0.25, 0.3) is 0 Å². The highest BCUT2D eigenvalue weighted by molar-refractivity contribution is 6.19. The van der Waals surface area contributed by atoms with Crippen molar-refractivity contribution < 1.29 is 4.42 Å². The molecule has 0 saturated carbocycles. The quantitative estimate of drug-likeness (QED) is 0.154. The highest BCUT2D eigenvalue weighted by Crippen LogP contribution is 2.46. The van der Waals surface area contributed by atoms with E-state index in [4.69, 9.17) is 19.4 Å². The van der Waals surface area contributed by atoms with E-state index in [0.29, 0.717) is 17.5 Å². The van der Waals surface area contributed by atoms with Crippen molar-refractivity contribution >= 4 is 21.9 Å². The second-order valence-electron chi connectivity index (χ2n) is 15.2. The fourth-order valence-electron chi connectivity index (χ4n) is 8.34. The van der Waals surface area contributed by atoms with E-state index < -0.39 is 0 Å². The van der Waals surface area contributed by atoms with Crippen molar-refractivity contribution in [2.45, 2.75) is 0 Å².